The monoisotopic (exact) mass is 235 g/mol. The Balaban J connectivity index is 2.41. The van der Waals surface area contributed by atoms with Crippen LogP contribution in [0.3, 0.4) is 0 Å². The maximum Gasteiger partial charge on any atom is 0.188 e. The molecule has 0 aliphatic heterocycles. The second-order valence-corrected chi connectivity index (χ2v) is 3.53. The molecule has 1 aromatic rings. The normalized spacial score (nSPS) is 9.35. The summed E-state index contributed by atoms with van der Waals surface area (Å²) in [6.45, 7) is 2.50. The summed E-state index contributed by atoms with van der Waals surface area (Å²) in [7, 11) is 1.68. The van der Waals surface area contributed by atoms with Gasteiger partial charge in [-0.3, -0.25) is 0 Å². The van der Waals surface area contributed by atoms with Crippen molar-refractivity contribution in [1.29, 1.82) is 0 Å². The molecule has 17 heavy (non-hydrogen) atoms. The Labute approximate surface area is 102 Å². The molecule has 1 aromatic carbocycles. The fourth-order valence-electron chi connectivity index (χ4n) is 1.37. The average molecular weight is 235 g/mol. The number of anilines is 1. The number of rotatable bonds is 5. The number of nitrogens with one attached hydrogen (secondary N) is 1. The van der Waals surface area contributed by atoms with E-state index in [2.05, 4.69) is 17.2 Å². The van der Waals surface area contributed by atoms with Gasteiger partial charge in [-0.1, -0.05) is 13.0 Å². The summed E-state index contributed by atoms with van der Waals surface area (Å²) in [6, 6.07) is 5.07. The topological polar surface area (TPSA) is 21.3 Å². The standard InChI is InChI=1S/C14H18FNO/c1-3-4-5-6-7-11-17-13-10-8-9-12(16-2)14(13)15/h8-10,16H,3,6-7,11H2,1-2H3. The van der Waals surface area contributed by atoms with Crippen molar-refractivity contribution in [3.8, 4) is 17.6 Å². The number of unbranched alkanes of at least 4 members (excludes halogenated alkanes) is 1. The maximum atomic E-state index is 13.7. The summed E-state index contributed by atoms with van der Waals surface area (Å²) >= 11 is 0. The molecule has 0 aliphatic carbocycles. The van der Waals surface area contributed by atoms with Crippen LogP contribution in [0, 0.1) is 17.7 Å². The van der Waals surface area contributed by atoms with E-state index >= 15 is 0 Å². The lowest BCUT2D eigenvalue weighted by molar-refractivity contribution is 0.298. The second kappa shape index (κ2) is 7.56. The summed E-state index contributed by atoms with van der Waals surface area (Å²) in [4.78, 5) is 0. The number of ether oxygens (including phenoxy) is 1. The van der Waals surface area contributed by atoms with Crippen molar-refractivity contribution in [3.63, 3.8) is 0 Å². The smallest absolute Gasteiger partial charge is 0.188 e. The van der Waals surface area contributed by atoms with Gasteiger partial charge in [-0.25, -0.2) is 4.39 Å². The van der Waals surface area contributed by atoms with Crippen LogP contribution in [0.4, 0.5) is 10.1 Å². The zero-order valence-corrected chi connectivity index (χ0v) is 10.3. The largest absolute Gasteiger partial charge is 0.490 e. The summed E-state index contributed by atoms with van der Waals surface area (Å²) in [6.07, 6.45) is 2.48. The highest BCUT2D eigenvalue weighted by Gasteiger charge is 2.06. The molecule has 0 amide bonds. The highest BCUT2D eigenvalue weighted by molar-refractivity contribution is 5.49. The minimum atomic E-state index is -0.338. The lowest BCUT2D eigenvalue weighted by Crippen LogP contribution is -2.01. The molecule has 0 spiro atoms. The predicted octanol–water partition coefficient (Wildman–Crippen LogP) is 3.44. The Kier molecular flexibility index (Phi) is 5.95. The molecule has 2 nitrogen and oxygen atoms in total. The van der Waals surface area contributed by atoms with Crippen molar-refractivity contribution in [2.75, 3.05) is 19.0 Å². The van der Waals surface area contributed by atoms with Crippen LogP contribution in [0.2, 0.25) is 0 Å². The Morgan fingerprint density at radius 2 is 2.18 bits per heavy atom. The fraction of sp³-hybridized carbons (Fsp3) is 0.429. The molecule has 0 saturated carbocycles. The quantitative estimate of drug-likeness (QED) is 0.623. The Bertz CT molecular complexity index is 406. The molecule has 1 rings (SSSR count). The second-order valence-electron chi connectivity index (χ2n) is 3.53. The van der Waals surface area contributed by atoms with Gasteiger partial charge in [0.1, 0.15) is 0 Å². The number of hydrogen-bond donors (Lipinski definition) is 1. The van der Waals surface area contributed by atoms with Gasteiger partial charge in [-0.05, 0) is 18.6 Å². The van der Waals surface area contributed by atoms with Gasteiger partial charge in [-0.15, -0.1) is 11.8 Å². The van der Waals surface area contributed by atoms with Crippen LogP contribution in [0.25, 0.3) is 0 Å². The van der Waals surface area contributed by atoms with Crippen LogP contribution >= 0.6 is 0 Å². The highest BCUT2D eigenvalue weighted by Crippen LogP contribution is 2.23. The molecule has 1 N–H and O–H groups in total. The summed E-state index contributed by atoms with van der Waals surface area (Å²) < 4.78 is 19.1. The minimum absolute atomic E-state index is 0.292. The van der Waals surface area contributed by atoms with E-state index in [1.807, 2.05) is 6.92 Å². The maximum absolute atomic E-state index is 13.7. The Morgan fingerprint density at radius 3 is 2.88 bits per heavy atom. The third-order valence-corrected chi connectivity index (χ3v) is 2.24. The molecular formula is C14H18FNO. The van der Waals surface area contributed by atoms with Crippen molar-refractivity contribution < 1.29 is 9.13 Å². The fourth-order valence-corrected chi connectivity index (χ4v) is 1.37. The first-order valence-corrected chi connectivity index (χ1v) is 5.84. The van der Waals surface area contributed by atoms with Crippen LogP contribution in [0.5, 0.6) is 5.75 Å². The van der Waals surface area contributed by atoms with Gasteiger partial charge in [-0.2, -0.15) is 0 Å². The number of halogens is 1. The van der Waals surface area contributed by atoms with E-state index in [1.54, 1.807) is 25.2 Å². The van der Waals surface area contributed by atoms with Crippen LogP contribution in [0.15, 0.2) is 18.2 Å². The third-order valence-electron chi connectivity index (χ3n) is 2.24. The molecule has 0 saturated heterocycles. The van der Waals surface area contributed by atoms with Gasteiger partial charge >= 0.3 is 0 Å². The Morgan fingerprint density at radius 1 is 1.35 bits per heavy atom. The third kappa shape index (κ3) is 4.36. The zero-order chi connectivity index (χ0) is 12.5. The van der Waals surface area contributed by atoms with Gasteiger partial charge in [0.15, 0.2) is 11.6 Å². The highest BCUT2D eigenvalue weighted by atomic mass is 19.1. The first-order chi connectivity index (χ1) is 8.29. The molecule has 0 aromatic heterocycles. The summed E-state index contributed by atoms with van der Waals surface area (Å²) in [5.74, 6) is 5.96. The summed E-state index contributed by atoms with van der Waals surface area (Å²) in [5, 5.41) is 2.78. The molecule has 0 radical (unpaired) electrons. The molecule has 0 heterocycles. The van der Waals surface area contributed by atoms with E-state index in [9.17, 15) is 4.39 Å². The van der Waals surface area contributed by atoms with Crippen LogP contribution < -0.4 is 10.1 Å². The van der Waals surface area contributed by atoms with E-state index in [0.717, 1.165) is 19.3 Å². The Hall–Kier alpha value is -1.69. The van der Waals surface area contributed by atoms with Crippen molar-refractivity contribution >= 4 is 5.69 Å². The van der Waals surface area contributed by atoms with Gasteiger partial charge in [0.25, 0.3) is 0 Å². The van der Waals surface area contributed by atoms with E-state index in [-0.39, 0.29) is 5.82 Å². The first kappa shape index (κ1) is 13.4. The lowest BCUT2D eigenvalue weighted by atomic mass is 10.3. The number of hydrogen-bond acceptors (Lipinski definition) is 2. The van der Waals surface area contributed by atoms with Gasteiger partial charge < -0.3 is 10.1 Å². The van der Waals surface area contributed by atoms with Crippen LogP contribution in [-0.2, 0) is 0 Å². The zero-order valence-electron chi connectivity index (χ0n) is 10.3. The van der Waals surface area contributed by atoms with E-state index in [0.29, 0.717) is 18.0 Å². The summed E-state index contributed by atoms with van der Waals surface area (Å²) in [5.41, 5.74) is 0.452. The molecule has 3 heteroatoms. The lowest BCUT2D eigenvalue weighted by Gasteiger charge is -2.09. The predicted molar refractivity (Wildman–Crippen MR) is 68.7 cm³/mol. The first-order valence-electron chi connectivity index (χ1n) is 5.84. The number of benzene rings is 1. The molecule has 0 unspecified atom stereocenters. The van der Waals surface area contributed by atoms with Crippen molar-refractivity contribution in [2.45, 2.75) is 26.2 Å². The molecule has 0 atom stereocenters. The van der Waals surface area contributed by atoms with Crippen molar-refractivity contribution in [3.05, 3.63) is 24.0 Å². The molecule has 92 valence electrons. The average Bonchev–Trinajstić information content (AvgIpc) is 2.35. The van der Waals surface area contributed by atoms with E-state index in [4.69, 9.17) is 4.74 Å². The molecule has 0 fully saturated rings. The SMILES string of the molecule is CCC#CCCCOc1cccc(NC)c1F. The molecule has 0 aliphatic rings. The van der Waals surface area contributed by atoms with E-state index < -0.39 is 0 Å². The van der Waals surface area contributed by atoms with Gasteiger partial charge in [0, 0.05) is 19.9 Å². The van der Waals surface area contributed by atoms with Crippen molar-refractivity contribution in [2.24, 2.45) is 0 Å². The van der Waals surface area contributed by atoms with Crippen LogP contribution in [0.1, 0.15) is 26.2 Å². The van der Waals surface area contributed by atoms with E-state index in [1.165, 1.54) is 0 Å². The molecule has 0 bridgehead atoms. The molecular weight excluding hydrogens is 217 g/mol. The van der Waals surface area contributed by atoms with Gasteiger partial charge in [0.2, 0.25) is 0 Å². The van der Waals surface area contributed by atoms with Crippen LogP contribution in [-0.4, -0.2) is 13.7 Å². The minimum Gasteiger partial charge on any atom is -0.490 e. The van der Waals surface area contributed by atoms with Crippen molar-refractivity contribution in [1.82, 2.24) is 0 Å². The van der Waals surface area contributed by atoms with Gasteiger partial charge in [0.05, 0.1) is 12.3 Å².